The predicted octanol–water partition coefficient (Wildman–Crippen LogP) is 1.67. The summed E-state index contributed by atoms with van der Waals surface area (Å²) >= 11 is 0.938. The molecule has 110 valence electrons. The van der Waals surface area contributed by atoms with Crippen LogP contribution in [0, 0.1) is 16.7 Å². The number of nitrogens with zero attached hydrogens (tertiary/aromatic N) is 1. The van der Waals surface area contributed by atoms with Gasteiger partial charge in [0, 0.05) is 12.1 Å². The standard InChI is InChI=1S/C14H16N4O2S/c1-19-10-5-8-3-4-18-13(9(8)6-11(10)20-2)12(7-15)21-14(16)17/h5-6,18H,3-4H2,1-2H3,(H3,16,17). The van der Waals surface area contributed by atoms with Gasteiger partial charge in [-0.2, -0.15) is 5.26 Å². The molecule has 0 aromatic heterocycles. The third-order valence-electron chi connectivity index (χ3n) is 3.12. The van der Waals surface area contributed by atoms with E-state index in [4.69, 9.17) is 20.6 Å². The minimum absolute atomic E-state index is 0.117. The first-order valence-corrected chi connectivity index (χ1v) is 7.07. The summed E-state index contributed by atoms with van der Waals surface area (Å²) in [6.45, 7) is 0.710. The molecule has 1 aromatic rings. The summed E-state index contributed by atoms with van der Waals surface area (Å²) in [5.41, 5.74) is 8.01. The van der Waals surface area contributed by atoms with Crippen LogP contribution in [0.15, 0.2) is 17.0 Å². The van der Waals surface area contributed by atoms with Crippen LogP contribution in [-0.4, -0.2) is 25.9 Å². The summed E-state index contributed by atoms with van der Waals surface area (Å²) in [5, 5.41) is 19.8. The van der Waals surface area contributed by atoms with E-state index in [2.05, 4.69) is 11.4 Å². The van der Waals surface area contributed by atoms with Crippen molar-refractivity contribution in [3.63, 3.8) is 0 Å². The van der Waals surface area contributed by atoms with Gasteiger partial charge < -0.3 is 20.5 Å². The molecule has 0 bridgehead atoms. The lowest BCUT2D eigenvalue weighted by molar-refractivity contribution is 0.354. The van der Waals surface area contributed by atoms with E-state index in [1.54, 1.807) is 14.2 Å². The highest BCUT2D eigenvalue weighted by molar-refractivity contribution is 8.17. The van der Waals surface area contributed by atoms with Crippen LogP contribution in [0.2, 0.25) is 0 Å². The summed E-state index contributed by atoms with van der Waals surface area (Å²) < 4.78 is 10.6. The van der Waals surface area contributed by atoms with Gasteiger partial charge >= 0.3 is 0 Å². The van der Waals surface area contributed by atoms with Crippen molar-refractivity contribution in [2.75, 3.05) is 20.8 Å². The van der Waals surface area contributed by atoms with Gasteiger partial charge in [-0.15, -0.1) is 0 Å². The van der Waals surface area contributed by atoms with Crippen molar-refractivity contribution in [2.45, 2.75) is 6.42 Å². The number of benzene rings is 1. The molecule has 1 heterocycles. The number of thioether (sulfide) groups is 1. The van der Waals surface area contributed by atoms with E-state index in [1.807, 2.05) is 12.1 Å². The number of nitrogens with one attached hydrogen (secondary N) is 2. The zero-order valence-electron chi connectivity index (χ0n) is 11.8. The smallest absolute Gasteiger partial charge is 0.161 e. The van der Waals surface area contributed by atoms with Crippen LogP contribution in [0.25, 0.3) is 5.70 Å². The molecule has 0 aliphatic carbocycles. The maximum Gasteiger partial charge on any atom is 0.161 e. The quantitative estimate of drug-likeness (QED) is 0.446. The lowest BCUT2D eigenvalue weighted by Gasteiger charge is -2.23. The number of nitriles is 1. The Morgan fingerprint density at radius 1 is 1.38 bits per heavy atom. The van der Waals surface area contributed by atoms with Gasteiger partial charge in [0.1, 0.15) is 11.0 Å². The molecule has 1 aliphatic heterocycles. The Bertz CT molecular complexity index is 649. The van der Waals surface area contributed by atoms with E-state index in [0.717, 1.165) is 29.3 Å². The summed E-state index contributed by atoms with van der Waals surface area (Å²) in [6, 6.07) is 5.86. The Labute approximate surface area is 127 Å². The van der Waals surface area contributed by atoms with Gasteiger partial charge in [0.2, 0.25) is 0 Å². The molecule has 0 amide bonds. The van der Waals surface area contributed by atoms with Crippen LogP contribution < -0.4 is 20.5 Å². The minimum Gasteiger partial charge on any atom is -0.493 e. The van der Waals surface area contributed by atoms with Gasteiger partial charge in [-0.3, -0.25) is 5.41 Å². The van der Waals surface area contributed by atoms with Crippen molar-refractivity contribution in [3.8, 4) is 17.6 Å². The molecule has 0 fully saturated rings. The Balaban J connectivity index is 2.59. The number of nitrogens with two attached hydrogens (primary N) is 1. The molecular formula is C14H16N4O2S. The maximum atomic E-state index is 9.30. The highest BCUT2D eigenvalue weighted by Gasteiger charge is 2.21. The Hall–Kier alpha value is -2.33. The number of fused-ring (bicyclic) bond motifs is 1. The van der Waals surface area contributed by atoms with Crippen LogP contribution in [0.4, 0.5) is 0 Å². The molecule has 0 atom stereocenters. The highest BCUT2D eigenvalue weighted by atomic mass is 32.2. The molecule has 0 saturated heterocycles. The fourth-order valence-corrected chi connectivity index (χ4v) is 2.77. The molecular weight excluding hydrogens is 288 g/mol. The molecule has 1 aliphatic rings. The average molecular weight is 304 g/mol. The van der Waals surface area contributed by atoms with Crippen molar-refractivity contribution in [1.82, 2.24) is 5.32 Å². The molecule has 2 rings (SSSR count). The van der Waals surface area contributed by atoms with Crippen LogP contribution in [0.5, 0.6) is 11.5 Å². The van der Waals surface area contributed by atoms with Crippen LogP contribution in [0.1, 0.15) is 11.1 Å². The zero-order chi connectivity index (χ0) is 15.4. The van der Waals surface area contributed by atoms with Gasteiger partial charge in [-0.05, 0) is 35.9 Å². The fraction of sp³-hybridized carbons (Fsp3) is 0.286. The van der Waals surface area contributed by atoms with Crippen LogP contribution in [-0.2, 0) is 6.42 Å². The van der Waals surface area contributed by atoms with Crippen molar-refractivity contribution in [3.05, 3.63) is 28.2 Å². The van der Waals surface area contributed by atoms with E-state index >= 15 is 0 Å². The van der Waals surface area contributed by atoms with E-state index in [9.17, 15) is 5.26 Å². The average Bonchev–Trinajstić information content (AvgIpc) is 2.50. The van der Waals surface area contributed by atoms with Crippen molar-refractivity contribution in [2.24, 2.45) is 5.73 Å². The molecule has 6 nitrogen and oxygen atoms in total. The van der Waals surface area contributed by atoms with E-state index in [0.29, 0.717) is 28.6 Å². The van der Waals surface area contributed by atoms with Crippen molar-refractivity contribution < 1.29 is 9.47 Å². The second-order valence-electron chi connectivity index (χ2n) is 4.32. The molecule has 4 N–H and O–H groups in total. The molecule has 0 radical (unpaired) electrons. The third kappa shape index (κ3) is 3.06. The molecule has 7 heteroatoms. The summed E-state index contributed by atoms with van der Waals surface area (Å²) in [6.07, 6.45) is 0.822. The number of ether oxygens (including phenoxy) is 2. The predicted molar refractivity (Wildman–Crippen MR) is 83.3 cm³/mol. The molecule has 21 heavy (non-hydrogen) atoms. The van der Waals surface area contributed by atoms with Gasteiger partial charge in [0.15, 0.2) is 16.7 Å². The first-order chi connectivity index (χ1) is 10.1. The van der Waals surface area contributed by atoms with E-state index in [-0.39, 0.29) is 5.17 Å². The zero-order valence-corrected chi connectivity index (χ0v) is 12.6. The second kappa shape index (κ2) is 6.41. The van der Waals surface area contributed by atoms with E-state index < -0.39 is 0 Å². The summed E-state index contributed by atoms with van der Waals surface area (Å²) in [5.74, 6) is 1.26. The molecule has 0 spiro atoms. The van der Waals surface area contributed by atoms with E-state index in [1.165, 1.54) is 0 Å². The molecule has 1 aromatic carbocycles. The minimum atomic E-state index is -0.117. The van der Waals surface area contributed by atoms with Gasteiger partial charge in [-0.25, -0.2) is 0 Å². The van der Waals surface area contributed by atoms with Gasteiger partial charge in [0.05, 0.1) is 19.9 Å². The lowest BCUT2D eigenvalue weighted by Crippen LogP contribution is -2.24. The number of methoxy groups -OCH3 is 2. The summed E-state index contributed by atoms with van der Waals surface area (Å²) in [4.78, 5) is 0.371. The number of amidine groups is 1. The molecule has 0 saturated carbocycles. The third-order valence-corrected chi connectivity index (χ3v) is 3.83. The van der Waals surface area contributed by atoms with Crippen LogP contribution in [0.3, 0.4) is 0 Å². The topological polar surface area (TPSA) is 104 Å². The Morgan fingerprint density at radius 2 is 2.05 bits per heavy atom. The lowest BCUT2D eigenvalue weighted by atomic mass is 9.97. The Morgan fingerprint density at radius 3 is 2.62 bits per heavy atom. The monoisotopic (exact) mass is 304 g/mol. The summed E-state index contributed by atoms with van der Waals surface area (Å²) in [7, 11) is 3.16. The number of allylic oxidation sites excluding steroid dienone is 1. The Kier molecular flexibility index (Phi) is 4.60. The highest BCUT2D eigenvalue weighted by Crippen LogP contribution is 2.37. The fourth-order valence-electron chi connectivity index (χ4n) is 2.22. The van der Waals surface area contributed by atoms with Gasteiger partial charge in [-0.1, -0.05) is 0 Å². The van der Waals surface area contributed by atoms with Crippen molar-refractivity contribution >= 4 is 22.6 Å². The van der Waals surface area contributed by atoms with Crippen LogP contribution >= 0.6 is 11.8 Å². The SMILES string of the molecule is COc1cc2c(cc1OC)C(=C(C#N)SC(=N)N)NCC2. The van der Waals surface area contributed by atoms with Gasteiger partial charge in [0.25, 0.3) is 0 Å². The second-order valence-corrected chi connectivity index (χ2v) is 5.38. The number of hydrogen-bond acceptors (Lipinski definition) is 6. The first kappa shape index (κ1) is 15.1. The number of hydrogen-bond donors (Lipinski definition) is 3. The largest absolute Gasteiger partial charge is 0.493 e. The number of rotatable bonds is 3. The maximum absolute atomic E-state index is 9.30. The normalized spacial score (nSPS) is 15.3. The van der Waals surface area contributed by atoms with Crippen molar-refractivity contribution in [1.29, 1.82) is 10.7 Å². The first-order valence-electron chi connectivity index (χ1n) is 6.26. The molecule has 0 unspecified atom stereocenters.